The Bertz CT molecular complexity index is 1110. The second-order valence-electron chi connectivity index (χ2n) is 6.52. The number of ether oxygens (including phenoxy) is 1. The first-order valence-electron chi connectivity index (χ1n) is 9.16. The van der Waals surface area contributed by atoms with E-state index in [-0.39, 0.29) is 12.5 Å². The normalized spacial score (nSPS) is 10.5. The summed E-state index contributed by atoms with van der Waals surface area (Å²) >= 11 is 0. The smallest absolute Gasteiger partial charge is 0.262 e. The van der Waals surface area contributed by atoms with E-state index in [4.69, 9.17) is 9.26 Å². The number of nitrogens with zero attached hydrogens (tertiary/aromatic N) is 2. The highest BCUT2D eigenvalue weighted by Gasteiger charge is 2.11. The first-order chi connectivity index (χ1) is 14.2. The number of aryl methyl sites for hydroxylation is 1. The molecule has 0 radical (unpaired) electrons. The second kappa shape index (κ2) is 8.39. The van der Waals surface area contributed by atoms with Crippen molar-refractivity contribution < 1.29 is 14.1 Å². The summed E-state index contributed by atoms with van der Waals surface area (Å²) in [4.78, 5) is 16.6. The minimum absolute atomic E-state index is 0.0774. The van der Waals surface area contributed by atoms with Crippen LogP contribution in [0.2, 0.25) is 0 Å². The van der Waals surface area contributed by atoms with E-state index in [9.17, 15) is 4.79 Å². The summed E-state index contributed by atoms with van der Waals surface area (Å²) in [5.74, 6) is 1.30. The van der Waals surface area contributed by atoms with Crippen molar-refractivity contribution in [1.29, 1.82) is 0 Å². The van der Waals surface area contributed by atoms with Gasteiger partial charge in [0.15, 0.2) is 6.61 Å². The maximum atomic E-state index is 12.2. The highest BCUT2D eigenvalue weighted by Crippen LogP contribution is 2.24. The van der Waals surface area contributed by atoms with Gasteiger partial charge < -0.3 is 14.6 Å². The molecule has 1 N–H and O–H groups in total. The monoisotopic (exact) mass is 385 g/mol. The molecule has 0 saturated carbocycles. The first kappa shape index (κ1) is 18.4. The Labute approximate surface area is 168 Å². The summed E-state index contributed by atoms with van der Waals surface area (Å²) in [5.41, 5.74) is 3.35. The third-order valence-corrected chi connectivity index (χ3v) is 4.24. The molecule has 0 saturated heterocycles. The summed E-state index contributed by atoms with van der Waals surface area (Å²) in [5, 5.41) is 6.85. The van der Waals surface area contributed by atoms with Gasteiger partial charge in [-0.1, -0.05) is 59.3 Å². The molecule has 1 amide bonds. The van der Waals surface area contributed by atoms with Gasteiger partial charge >= 0.3 is 0 Å². The van der Waals surface area contributed by atoms with Crippen molar-refractivity contribution in [2.45, 2.75) is 6.92 Å². The Morgan fingerprint density at radius 2 is 1.72 bits per heavy atom. The molecule has 0 fully saturated rings. The van der Waals surface area contributed by atoms with Crippen LogP contribution < -0.4 is 10.1 Å². The number of carbonyl (C=O) groups excluding carboxylic acids is 1. The SMILES string of the molecule is Cc1ccc(OCC(=O)Nc2cccc(-c3nc(-c4ccccc4)no3)c2)cc1. The van der Waals surface area contributed by atoms with Crippen molar-refractivity contribution in [2.24, 2.45) is 0 Å². The van der Waals surface area contributed by atoms with Crippen LogP contribution in [0.25, 0.3) is 22.8 Å². The number of amides is 1. The van der Waals surface area contributed by atoms with Crippen LogP contribution in [-0.4, -0.2) is 22.7 Å². The fraction of sp³-hybridized carbons (Fsp3) is 0.0870. The molecule has 1 heterocycles. The van der Waals surface area contributed by atoms with Crippen molar-refractivity contribution >= 4 is 11.6 Å². The lowest BCUT2D eigenvalue weighted by Gasteiger charge is -2.08. The van der Waals surface area contributed by atoms with Gasteiger partial charge in [0.25, 0.3) is 11.8 Å². The fourth-order valence-electron chi connectivity index (χ4n) is 2.76. The Hall–Kier alpha value is -3.93. The average molecular weight is 385 g/mol. The molecule has 4 aromatic rings. The highest BCUT2D eigenvalue weighted by molar-refractivity contribution is 5.92. The highest BCUT2D eigenvalue weighted by atomic mass is 16.5. The zero-order valence-corrected chi connectivity index (χ0v) is 15.8. The quantitative estimate of drug-likeness (QED) is 0.519. The molecule has 0 aliphatic heterocycles. The standard InChI is InChI=1S/C23H19N3O3/c1-16-10-12-20(13-11-16)28-15-21(27)24-19-9-5-8-18(14-19)23-25-22(26-29-23)17-6-3-2-4-7-17/h2-14H,15H2,1H3,(H,24,27). The molecule has 4 rings (SSSR count). The maximum absolute atomic E-state index is 12.2. The molecular weight excluding hydrogens is 366 g/mol. The van der Waals surface area contributed by atoms with Gasteiger partial charge in [-0.05, 0) is 37.3 Å². The van der Waals surface area contributed by atoms with E-state index in [1.54, 1.807) is 12.1 Å². The van der Waals surface area contributed by atoms with Gasteiger partial charge in [0, 0.05) is 16.8 Å². The zero-order chi connectivity index (χ0) is 20.1. The van der Waals surface area contributed by atoms with Crippen molar-refractivity contribution in [2.75, 3.05) is 11.9 Å². The van der Waals surface area contributed by atoms with Crippen LogP contribution in [0.15, 0.2) is 83.4 Å². The lowest BCUT2D eigenvalue weighted by molar-refractivity contribution is -0.118. The number of nitrogens with one attached hydrogen (secondary N) is 1. The first-order valence-corrected chi connectivity index (χ1v) is 9.16. The van der Waals surface area contributed by atoms with Gasteiger partial charge in [-0.3, -0.25) is 4.79 Å². The van der Waals surface area contributed by atoms with E-state index >= 15 is 0 Å². The summed E-state index contributed by atoms with van der Waals surface area (Å²) in [6.45, 7) is 1.92. The van der Waals surface area contributed by atoms with Crippen LogP contribution in [0.3, 0.4) is 0 Å². The number of rotatable bonds is 6. The van der Waals surface area contributed by atoms with Crippen LogP contribution in [0, 0.1) is 6.92 Å². The van der Waals surface area contributed by atoms with Crippen molar-refractivity contribution in [3.05, 3.63) is 84.4 Å². The Kier molecular flexibility index (Phi) is 5.33. The lowest BCUT2D eigenvalue weighted by Crippen LogP contribution is -2.20. The molecule has 0 aliphatic carbocycles. The molecule has 3 aromatic carbocycles. The molecule has 6 heteroatoms. The minimum Gasteiger partial charge on any atom is -0.484 e. The van der Waals surface area contributed by atoms with Crippen molar-refractivity contribution in [1.82, 2.24) is 10.1 Å². The van der Waals surface area contributed by atoms with Gasteiger partial charge in [0.2, 0.25) is 5.82 Å². The number of anilines is 1. The van der Waals surface area contributed by atoms with Gasteiger partial charge in [-0.25, -0.2) is 0 Å². The van der Waals surface area contributed by atoms with E-state index in [1.165, 1.54) is 0 Å². The summed E-state index contributed by atoms with van der Waals surface area (Å²) in [6.07, 6.45) is 0. The molecule has 0 bridgehead atoms. The van der Waals surface area contributed by atoms with E-state index < -0.39 is 0 Å². The summed E-state index contributed by atoms with van der Waals surface area (Å²) in [7, 11) is 0. The van der Waals surface area contributed by atoms with Gasteiger partial charge in [0.1, 0.15) is 5.75 Å². The predicted molar refractivity (Wildman–Crippen MR) is 110 cm³/mol. The molecule has 144 valence electrons. The molecule has 1 aromatic heterocycles. The second-order valence-corrected chi connectivity index (χ2v) is 6.52. The lowest BCUT2D eigenvalue weighted by atomic mass is 10.2. The van der Waals surface area contributed by atoms with Crippen LogP contribution in [-0.2, 0) is 4.79 Å². The number of hydrogen-bond donors (Lipinski definition) is 1. The van der Waals surface area contributed by atoms with Crippen LogP contribution >= 0.6 is 0 Å². The van der Waals surface area contributed by atoms with E-state index in [0.717, 1.165) is 16.7 Å². The van der Waals surface area contributed by atoms with Crippen molar-refractivity contribution in [3.63, 3.8) is 0 Å². The number of carbonyl (C=O) groups is 1. The molecule has 29 heavy (non-hydrogen) atoms. The van der Waals surface area contributed by atoms with Gasteiger partial charge in [-0.2, -0.15) is 4.98 Å². The summed E-state index contributed by atoms with van der Waals surface area (Å²) < 4.78 is 10.9. The van der Waals surface area contributed by atoms with Crippen LogP contribution in [0.5, 0.6) is 5.75 Å². The minimum atomic E-state index is -0.252. The third-order valence-electron chi connectivity index (χ3n) is 4.24. The Balaban J connectivity index is 1.41. The van der Waals surface area contributed by atoms with E-state index in [1.807, 2.05) is 73.7 Å². The molecular formula is C23H19N3O3. The largest absolute Gasteiger partial charge is 0.484 e. The molecule has 0 atom stereocenters. The predicted octanol–water partition coefficient (Wildman–Crippen LogP) is 4.73. The number of aromatic nitrogens is 2. The van der Waals surface area contributed by atoms with Gasteiger partial charge in [0.05, 0.1) is 0 Å². The number of hydrogen-bond acceptors (Lipinski definition) is 5. The number of benzene rings is 3. The van der Waals surface area contributed by atoms with Crippen molar-refractivity contribution in [3.8, 4) is 28.6 Å². The Morgan fingerprint density at radius 3 is 2.52 bits per heavy atom. The zero-order valence-electron chi connectivity index (χ0n) is 15.8. The third kappa shape index (κ3) is 4.68. The maximum Gasteiger partial charge on any atom is 0.262 e. The Morgan fingerprint density at radius 1 is 0.966 bits per heavy atom. The molecule has 0 unspecified atom stereocenters. The van der Waals surface area contributed by atoms with Crippen LogP contribution in [0.1, 0.15) is 5.56 Å². The van der Waals surface area contributed by atoms with E-state index in [2.05, 4.69) is 15.5 Å². The molecule has 6 nitrogen and oxygen atoms in total. The topological polar surface area (TPSA) is 77.2 Å². The van der Waals surface area contributed by atoms with Crippen LogP contribution in [0.4, 0.5) is 5.69 Å². The van der Waals surface area contributed by atoms with E-state index in [0.29, 0.717) is 23.2 Å². The average Bonchev–Trinajstić information content (AvgIpc) is 3.25. The fourth-order valence-corrected chi connectivity index (χ4v) is 2.76. The van der Waals surface area contributed by atoms with Gasteiger partial charge in [-0.15, -0.1) is 0 Å². The molecule has 0 spiro atoms. The molecule has 0 aliphatic rings. The summed E-state index contributed by atoms with van der Waals surface area (Å²) in [6, 6.07) is 24.4.